The number of likely N-dealkylation sites (N-methyl/N-ethyl adjacent to an activating group) is 1. The quantitative estimate of drug-likeness (QED) is 0.114. The van der Waals surface area contributed by atoms with Crippen LogP contribution in [0, 0.1) is 0 Å². The Morgan fingerprint density at radius 1 is 1.17 bits per heavy atom. The van der Waals surface area contributed by atoms with Gasteiger partial charge in [0.2, 0.25) is 0 Å². The molecular weight excluding hydrogens is 602 g/mol. The molecule has 0 bridgehead atoms. The summed E-state index contributed by atoms with van der Waals surface area (Å²) in [5.41, 5.74) is 0.0194. The highest BCUT2D eigenvalue weighted by Gasteiger charge is 2.66. The molecule has 0 spiro atoms. The second-order valence-electron chi connectivity index (χ2n) is 12.1. The van der Waals surface area contributed by atoms with Gasteiger partial charge in [-0.3, -0.25) is 4.79 Å². The van der Waals surface area contributed by atoms with Gasteiger partial charge in [0.15, 0.2) is 8.32 Å². The van der Waals surface area contributed by atoms with Crippen LogP contribution in [0.15, 0.2) is 24.3 Å². The number of halogens is 5. The average Bonchev–Trinajstić information content (AvgIpc) is 3.73. The molecule has 1 aromatic carbocycles. The van der Waals surface area contributed by atoms with Gasteiger partial charge in [-0.25, -0.2) is 0 Å². The van der Waals surface area contributed by atoms with Crippen molar-refractivity contribution in [3.8, 4) is 0 Å². The summed E-state index contributed by atoms with van der Waals surface area (Å²) in [6, 6.07) is 10.0. The van der Waals surface area contributed by atoms with E-state index in [4.69, 9.17) is 18.0 Å². The molecule has 2 aliphatic heterocycles. The van der Waals surface area contributed by atoms with Crippen molar-refractivity contribution in [1.29, 1.82) is 0 Å². The monoisotopic (exact) mass is 643 g/mol. The highest BCUT2D eigenvalue weighted by Crippen LogP contribution is 2.38. The van der Waals surface area contributed by atoms with Crippen molar-refractivity contribution in [2.24, 2.45) is 0 Å². The Bertz CT molecular complexity index is 1040. The standard InChI is InChI=1S/C26H42F5NO6Si3/c1-32(24(33)25(27,37-31)26(28,29)30)21-10-8-11-23(18-21)39(2,3)16-17-40(4)14-7-6-13-36-41(5,38-40)15-9-12-34-19-22-20-35-22/h8,10-11,18,22H,6-7,9,12-17,19-20H2,1-5H3. The fourth-order valence-corrected chi connectivity index (χ4v) is 19.4. The predicted molar refractivity (Wildman–Crippen MR) is 153 cm³/mol. The Kier molecular flexibility index (Phi) is 11.4. The molecule has 0 aromatic heterocycles. The molecule has 3 rings (SSSR count). The third-order valence-corrected chi connectivity index (χ3v) is 20.3. The molecule has 1 amide bonds. The van der Waals surface area contributed by atoms with Crippen LogP contribution in [0.4, 0.5) is 27.8 Å². The van der Waals surface area contributed by atoms with Gasteiger partial charge in [0.05, 0.1) is 21.3 Å². The number of carbonyl (C=O) groups excluding carboxylic acids is 1. The van der Waals surface area contributed by atoms with E-state index in [9.17, 15) is 26.9 Å². The van der Waals surface area contributed by atoms with Crippen LogP contribution in [-0.2, 0) is 27.8 Å². The molecule has 2 saturated heterocycles. The van der Waals surface area contributed by atoms with E-state index >= 15 is 0 Å². The van der Waals surface area contributed by atoms with E-state index in [1.165, 1.54) is 6.07 Å². The van der Waals surface area contributed by atoms with Crippen LogP contribution in [0.5, 0.6) is 0 Å². The number of anilines is 1. The van der Waals surface area contributed by atoms with Crippen molar-refractivity contribution in [1.82, 2.24) is 0 Å². The zero-order valence-electron chi connectivity index (χ0n) is 24.5. The average molecular weight is 644 g/mol. The third kappa shape index (κ3) is 9.14. The number of hydrogen-bond acceptors (Lipinski definition) is 6. The minimum atomic E-state index is -5.88. The summed E-state index contributed by atoms with van der Waals surface area (Å²) in [6.45, 7) is 11.4. The van der Waals surface area contributed by atoms with E-state index in [0.717, 1.165) is 62.3 Å². The highest BCUT2D eigenvalue weighted by molar-refractivity contribution is 6.92. The Labute approximate surface area is 241 Å². The predicted octanol–water partition coefficient (Wildman–Crippen LogP) is 5.97. The first-order chi connectivity index (χ1) is 19.0. The van der Waals surface area contributed by atoms with Crippen LogP contribution >= 0.6 is 0 Å². The largest absolute Gasteiger partial charge is 0.461 e. The summed E-state index contributed by atoms with van der Waals surface area (Å²) >= 11 is 0. The van der Waals surface area contributed by atoms with Crippen LogP contribution in [-0.4, -0.2) is 82.5 Å². The molecule has 0 saturated carbocycles. The molecule has 15 heteroatoms. The van der Waals surface area contributed by atoms with Crippen molar-refractivity contribution >= 4 is 41.7 Å². The number of amides is 1. The van der Waals surface area contributed by atoms with E-state index < -0.39 is 42.9 Å². The Morgan fingerprint density at radius 3 is 2.51 bits per heavy atom. The number of epoxide rings is 1. The first-order valence-corrected chi connectivity index (χ1v) is 22.6. The van der Waals surface area contributed by atoms with E-state index in [1.807, 2.05) is 6.07 Å². The molecule has 1 aromatic rings. The molecule has 4 unspecified atom stereocenters. The van der Waals surface area contributed by atoms with Crippen molar-refractivity contribution in [2.75, 3.05) is 38.4 Å². The number of benzene rings is 1. The van der Waals surface area contributed by atoms with E-state index in [2.05, 4.69) is 31.1 Å². The number of nitrogens with zero attached hydrogens (tertiary/aromatic N) is 1. The Hall–Kier alpha value is -1.21. The van der Waals surface area contributed by atoms with E-state index in [-0.39, 0.29) is 11.8 Å². The van der Waals surface area contributed by atoms with Gasteiger partial charge in [-0.1, -0.05) is 42.9 Å². The maximum absolute atomic E-state index is 14.2. The fourth-order valence-electron chi connectivity index (χ4n) is 5.05. The lowest BCUT2D eigenvalue weighted by Crippen LogP contribution is -2.55. The zero-order chi connectivity index (χ0) is 30.5. The van der Waals surface area contributed by atoms with Crippen LogP contribution in [0.25, 0.3) is 0 Å². The van der Waals surface area contributed by atoms with Crippen LogP contribution < -0.4 is 10.1 Å². The number of hydrogen-bond donors (Lipinski definition) is 0. The molecule has 2 heterocycles. The van der Waals surface area contributed by atoms with E-state index in [1.54, 1.807) is 12.1 Å². The van der Waals surface area contributed by atoms with Gasteiger partial charge in [0.1, 0.15) is 6.10 Å². The summed E-state index contributed by atoms with van der Waals surface area (Å²) in [7, 11) is -5.81. The molecule has 41 heavy (non-hydrogen) atoms. The molecule has 234 valence electrons. The van der Waals surface area contributed by atoms with Crippen LogP contribution in [0.1, 0.15) is 19.3 Å². The highest BCUT2D eigenvalue weighted by atomic mass is 28.4. The van der Waals surface area contributed by atoms with E-state index in [0.29, 0.717) is 24.7 Å². The van der Waals surface area contributed by atoms with Crippen LogP contribution in [0.3, 0.4) is 0 Å². The lowest BCUT2D eigenvalue weighted by Gasteiger charge is -2.41. The maximum atomic E-state index is 14.2. The van der Waals surface area contributed by atoms with Gasteiger partial charge in [0, 0.05) is 25.9 Å². The number of rotatable bonds is 13. The second kappa shape index (κ2) is 13.6. The summed E-state index contributed by atoms with van der Waals surface area (Å²) in [4.78, 5) is 15.2. The van der Waals surface area contributed by atoms with Gasteiger partial charge in [-0.15, -0.1) is 4.94 Å². The fraction of sp³-hybridized carbons (Fsp3) is 0.731. The first kappa shape index (κ1) is 34.3. The van der Waals surface area contributed by atoms with Gasteiger partial charge in [-0.05, 0) is 60.7 Å². The summed E-state index contributed by atoms with van der Waals surface area (Å²) in [6.07, 6.45) is -2.76. The van der Waals surface area contributed by atoms with Gasteiger partial charge < -0.3 is 22.9 Å². The van der Waals surface area contributed by atoms with Crippen LogP contribution in [0.2, 0.25) is 50.4 Å². The van der Waals surface area contributed by atoms with Gasteiger partial charge >= 0.3 is 26.5 Å². The molecule has 7 nitrogen and oxygen atoms in total. The second-order valence-corrected chi connectivity index (χ2v) is 24.7. The molecule has 0 aliphatic carbocycles. The summed E-state index contributed by atoms with van der Waals surface area (Å²) in [5.74, 6) is -7.28. The minimum absolute atomic E-state index is 0.0194. The van der Waals surface area contributed by atoms with Crippen molar-refractivity contribution in [2.45, 2.75) is 87.8 Å². The number of alkyl halides is 4. The first-order valence-electron chi connectivity index (χ1n) is 14.0. The van der Waals surface area contributed by atoms with Crippen molar-refractivity contribution in [3.05, 3.63) is 24.3 Å². The topological polar surface area (TPSA) is 69.8 Å². The van der Waals surface area contributed by atoms with Gasteiger partial charge in [-0.2, -0.15) is 17.6 Å². The lowest BCUT2D eigenvalue weighted by molar-refractivity contribution is -0.380. The number of carbonyl (C=O) groups is 1. The third-order valence-electron chi connectivity index (χ3n) is 7.94. The maximum Gasteiger partial charge on any atom is 0.461 e. The zero-order valence-corrected chi connectivity index (χ0v) is 27.5. The summed E-state index contributed by atoms with van der Waals surface area (Å²) < 4.78 is 90.2. The molecular formula is C26H42F5NO6Si3. The molecule has 0 N–H and O–H groups in total. The smallest absolute Gasteiger partial charge is 0.436 e. The molecule has 4 atom stereocenters. The molecule has 2 aliphatic rings. The van der Waals surface area contributed by atoms with Gasteiger partial charge in [0.25, 0.3) is 0 Å². The Balaban J connectivity index is 1.67. The number of ether oxygens (including phenoxy) is 2. The normalized spacial score (nSPS) is 27.0. The SMILES string of the molecule is CN(C(=O)C(F)(OF)C(F)(F)F)c1cccc([Si](C)(C)CC[Si]2(C)CCCCO[Si](C)(CCCOCC3CO3)O2)c1. The molecule has 0 radical (unpaired) electrons. The summed E-state index contributed by atoms with van der Waals surface area (Å²) in [5, 5.41) is 0.878. The molecule has 2 fully saturated rings. The van der Waals surface area contributed by atoms with Crippen molar-refractivity contribution in [3.63, 3.8) is 0 Å². The van der Waals surface area contributed by atoms with Crippen molar-refractivity contribution < 1.29 is 49.8 Å². The lowest BCUT2D eigenvalue weighted by atomic mass is 10.2. The Morgan fingerprint density at radius 2 is 1.88 bits per heavy atom. The minimum Gasteiger partial charge on any atom is -0.436 e.